The second kappa shape index (κ2) is 15.6. The van der Waals surface area contributed by atoms with E-state index in [9.17, 15) is 18.0 Å². The largest absolute Gasteiger partial charge is 0.352 e. The summed E-state index contributed by atoms with van der Waals surface area (Å²) in [5.74, 6) is -0.575. The number of benzene rings is 3. The van der Waals surface area contributed by atoms with E-state index in [0.29, 0.717) is 21.3 Å². The molecule has 0 aliphatic heterocycles. The van der Waals surface area contributed by atoms with Crippen molar-refractivity contribution in [2.75, 3.05) is 17.1 Å². The number of nitrogens with one attached hydrogen (secondary N) is 1. The van der Waals surface area contributed by atoms with Crippen molar-refractivity contribution in [1.29, 1.82) is 0 Å². The fourth-order valence-corrected chi connectivity index (χ4v) is 6.35. The van der Waals surface area contributed by atoms with Crippen LogP contribution < -0.4 is 9.62 Å². The number of hydrogen-bond donors (Lipinski definition) is 1. The second-order valence-corrected chi connectivity index (χ2v) is 13.7. The Kier molecular flexibility index (Phi) is 12.5. The highest BCUT2D eigenvalue weighted by Crippen LogP contribution is 2.28. The van der Waals surface area contributed by atoms with Crippen LogP contribution in [0.4, 0.5) is 5.69 Å². The number of halogens is 2. The maximum Gasteiger partial charge on any atom is 0.243 e. The first-order valence-electron chi connectivity index (χ1n) is 14.4. The Balaban J connectivity index is 1.95. The Morgan fingerprint density at radius 1 is 0.953 bits per heavy atom. The van der Waals surface area contributed by atoms with Crippen LogP contribution in [0.25, 0.3) is 0 Å². The minimum atomic E-state index is -3.61. The molecule has 232 valence electrons. The van der Waals surface area contributed by atoms with Gasteiger partial charge >= 0.3 is 0 Å². The highest BCUT2D eigenvalue weighted by atomic mass is 35.5. The maximum absolute atomic E-state index is 14.0. The van der Waals surface area contributed by atoms with Crippen LogP contribution in [0.5, 0.6) is 0 Å². The quantitative estimate of drug-likeness (QED) is 0.211. The lowest BCUT2D eigenvalue weighted by molar-refractivity contribution is -0.141. The van der Waals surface area contributed by atoms with Gasteiger partial charge in [-0.05, 0) is 68.5 Å². The van der Waals surface area contributed by atoms with Crippen molar-refractivity contribution in [3.63, 3.8) is 0 Å². The van der Waals surface area contributed by atoms with Crippen LogP contribution in [0.1, 0.15) is 55.4 Å². The van der Waals surface area contributed by atoms with Gasteiger partial charge in [-0.2, -0.15) is 0 Å². The summed E-state index contributed by atoms with van der Waals surface area (Å²) >= 11 is 13.0. The van der Waals surface area contributed by atoms with E-state index < -0.39 is 16.1 Å². The first-order valence-corrected chi connectivity index (χ1v) is 17.0. The van der Waals surface area contributed by atoms with Crippen molar-refractivity contribution in [3.05, 3.63) is 99.0 Å². The number of aryl methyl sites for hydroxylation is 2. The number of anilines is 1. The zero-order valence-electron chi connectivity index (χ0n) is 25.4. The van der Waals surface area contributed by atoms with Gasteiger partial charge in [0, 0.05) is 47.6 Å². The van der Waals surface area contributed by atoms with E-state index in [1.54, 1.807) is 18.2 Å². The molecule has 2 amide bonds. The summed E-state index contributed by atoms with van der Waals surface area (Å²) in [5, 5.41) is 3.83. The van der Waals surface area contributed by atoms with Crippen molar-refractivity contribution in [2.24, 2.45) is 0 Å². The van der Waals surface area contributed by atoms with Gasteiger partial charge < -0.3 is 10.2 Å². The Bertz CT molecular complexity index is 1500. The minimum Gasteiger partial charge on any atom is -0.352 e. The van der Waals surface area contributed by atoms with Gasteiger partial charge in [-0.1, -0.05) is 78.7 Å². The van der Waals surface area contributed by atoms with Crippen molar-refractivity contribution in [1.82, 2.24) is 10.2 Å². The van der Waals surface area contributed by atoms with Crippen LogP contribution in [-0.2, 0) is 32.6 Å². The average molecular weight is 647 g/mol. The molecule has 10 heteroatoms. The van der Waals surface area contributed by atoms with E-state index in [0.717, 1.165) is 29.4 Å². The molecule has 0 fully saturated rings. The molecule has 3 aromatic carbocycles. The maximum atomic E-state index is 14.0. The third kappa shape index (κ3) is 9.71. The summed E-state index contributed by atoms with van der Waals surface area (Å²) in [6, 6.07) is 19.4. The number of sulfonamides is 1. The smallest absolute Gasteiger partial charge is 0.243 e. The summed E-state index contributed by atoms with van der Waals surface area (Å²) in [7, 11) is -3.61. The van der Waals surface area contributed by atoms with Gasteiger partial charge in [-0.3, -0.25) is 13.9 Å². The Labute approximate surface area is 266 Å². The molecule has 3 aromatic rings. The van der Waals surface area contributed by atoms with Gasteiger partial charge in [0.15, 0.2) is 0 Å². The number of carbonyl (C=O) groups excluding carboxylic acids is 2. The Morgan fingerprint density at radius 3 is 2.21 bits per heavy atom. The predicted octanol–water partition coefficient (Wildman–Crippen LogP) is 6.71. The molecule has 0 unspecified atom stereocenters. The number of hydrogen-bond acceptors (Lipinski definition) is 4. The molecule has 1 N–H and O–H groups in total. The van der Waals surface area contributed by atoms with E-state index in [2.05, 4.69) is 5.32 Å². The van der Waals surface area contributed by atoms with Crippen LogP contribution in [0, 0.1) is 13.8 Å². The lowest BCUT2D eigenvalue weighted by Crippen LogP contribution is -2.52. The molecule has 0 aromatic heterocycles. The average Bonchev–Trinajstić information content (AvgIpc) is 2.95. The summed E-state index contributed by atoms with van der Waals surface area (Å²) < 4.78 is 26.9. The van der Waals surface area contributed by atoms with Crippen LogP contribution >= 0.6 is 23.2 Å². The molecule has 3 rings (SSSR count). The molecule has 43 heavy (non-hydrogen) atoms. The summed E-state index contributed by atoms with van der Waals surface area (Å²) in [4.78, 5) is 29.3. The summed E-state index contributed by atoms with van der Waals surface area (Å²) in [6.07, 6.45) is 2.44. The number of nitrogens with zero attached hydrogens (tertiary/aromatic N) is 2. The lowest BCUT2D eigenvalue weighted by Gasteiger charge is -2.33. The predicted molar refractivity (Wildman–Crippen MR) is 176 cm³/mol. The van der Waals surface area contributed by atoms with E-state index in [-0.39, 0.29) is 50.2 Å². The molecular weight excluding hydrogens is 605 g/mol. The van der Waals surface area contributed by atoms with Crippen molar-refractivity contribution < 1.29 is 18.0 Å². The van der Waals surface area contributed by atoms with Crippen molar-refractivity contribution in [2.45, 2.75) is 72.0 Å². The molecule has 7 nitrogen and oxygen atoms in total. The number of amides is 2. The normalized spacial score (nSPS) is 12.8. The van der Waals surface area contributed by atoms with Gasteiger partial charge in [0.1, 0.15) is 6.04 Å². The standard InChI is InChI=1S/C33H41Cl2N3O4S/c1-6-25(4)36-33(40)31(21-26-12-8-7-9-13-26)37(22-27-28(34)14-10-15-29(27)35)32(39)16-11-19-38(43(5,41)42)30-20-23(2)17-18-24(30)3/h7-10,12-15,17-18,20,25,31H,6,11,16,19,21-22H2,1-5H3,(H,36,40)/t25-,31+/m1/s1. The van der Waals surface area contributed by atoms with Gasteiger partial charge in [0.25, 0.3) is 0 Å². The van der Waals surface area contributed by atoms with Crippen LogP contribution in [0.2, 0.25) is 10.0 Å². The molecule has 0 aliphatic carbocycles. The molecule has 0 saturated carbocycles. The van der Waals surface area contributed by atoms with Gasteiger partial charge in [-0.25, -0.2) is 8.42 Å². The molecule has 0 saturated heterocycles. The fraction of sp³-hybridized carbons (Fsp3) is 0.394. The lowest BCUT2D eigenvalue weighted by atomic mass is 10.0. The van der Waals surface area contributed by atoms with Crippen LogP contribution in [-0.4, -0.2) is 50.0 Å². The zero-order valence-corrected chi connectivity index (χ0v) is 27.8. The van der Waals surface area contributed by atoms with Crippen molar-refractivity contribution in [3.8, 4) is 0 Å². The van der Waals surface area contributed by atoms with E-state index in [1.165, 1.54) is 9.21 Å². The van der Waals surface area contributed by atoms with E-state index in [4.69, 9.17) is 23.2 Å². The highest BCUT2D eigenvalue weighted by Gasteiger charge is 2.32. The summed E-state index contributed by atoms with van der Waals surface area (Å²) in [5.41, 5.74) is 3.78. The molecular formula is C33H41Cl2N3O4S. The van der Waals surface area contributed by atoms with E-state index >= 15 is 0 Å². The van der Waals surface area contributed by atoms with Gasteiger partial charge in [-0.15, -0.1) is 0 Å². The third-order valence-electron chi connectivity index (χ3n) is 7.45. The monoisotopic (exact) mass is 645 g/mol. The molecule has 2 atom stereocenters. The summed E-state index contributed by atoms with van der Waals surface area (Å²) in [6.45, 7) is 7.79. The van der Waals surface area contributed by atoms with E-state index in [1.807, 2.05) is 76.2 Å². The van der Waals surface area contributed by atoms with Gasteiger partial charge in [0.05, 0.1) is 11.9 Å². The first-order chi connectivity index (χ1) is 20.3. The number of rotatable bonds is 14. The Morgan fingerprint density at radius 2 is 1.60 bits per heavy atom. The molecule has 0 radical (unpaired) electrons. The van der Waals surface area contributed by atoms with Crippen LogP contribution in [0.15, 0.2) is 66.7 Å². The van der Waals surface area contributed by atoms with Crippen LogP contribution in [0.3, 0.4) is 0 Å². The molecule has 0 bridgehead atoms. The molecule has 0 heterocycles. The Hall–Kier alpha value is -3.07. The fourth-order valence-electron chi connectivity index (χ4n) is 4.82. The topological polar surface area (TPSA) is 86.8 Å². The molecule has 0 aliphatic rings. The first kappa shape index (κ1) is 34.4. The van der Waals surface area contributed by atoms with Gasteiger partial charge in [0.2, 0.25) is 21.8 Å². The second-order valence-electron chi connectivity index (χ2n) is 11.0. The third-order valence-corrected chi connectivity index (χ3v) is 9.34. The molecule has 0 spiro atoms. The zero-order chi connectivity index (χ0) is 31.7. The minimum absolute atomic E-state index is 0.0147. The highest BCUT2D eigenvalue weighted by molar-refractivity contribution is 7.92. The SMILES string of the molecule is CC[C@@H](C)NC(=O)[C@H](Cc1ccccc1)N(Cc1c(Cl)cccc1Cl)C(=O)CCCN(c1cc(C)ccc1C)S(C)(=O)=O. The number of carbonyl (C=O) groups is 2. The van der Waals surface area contributed by atoms with Crippen molar-refractivity contribution >= 4 is 50.7 Å².